The normalized spacial score (nSPS) is 30.1. The van der Waals surface area contributed by atoms with Gasteiger partial charge in [0.05, 0.1) is 22.6 Å². The maximum atomic E-state index is 12.7. The number of nitro groups is 2. The van der Waals surface area contributed by atoms with Gasteiger partial charge in [0.1, 0.15) is 0 Å². The molecular formula is C19H23N3O6. The van der Waals surface area contributed by atoms with Gasteiger partial charge in [-0.15, -0.1) is 0 Å². The molecular weight excluding hydrogens is 366 g/mol. The average molecular weight is 389 g/mol. The van der Waals surface area contributed by atoms with Gasteiger partial charge in [0.2, 0.25) is 5.91 Å². The second-order valence-corrected chi connectivity index (χ2v) is 8.70. The van der Waals surface area contributed by atoms with E-state index in [1.54, 1.807) is 0 Å². The van der Waals surface area contributed by atoms with E-state index in [9.17, 15) is 25.0 Å². The van der Waals surface area contributed by atoms with Crippen LogP contribution in [0.4, 0.5) is 17.1 Å². The van der Waals surface area contributed by atoms with Crippen molar-refractivity contribution in [1.29, 1.82) is 0 Å². The molecule has 9 nitrogen and oxygen atoms in total. The lowest BCUT2D eigenvalue weighted by molar-refractivity contribution is -0.395. The van der Waals surface area contributed by atoms with Crippen molar-refractivity contribution < 1.29 is 19.4 Å². The molecule has 5 rings (SSSR count). The highest BCUT2D eigenvalue weighted by Crippen LogP contribution is 2.61. The highest BCUT2D eigenvalue weighted by atomic mass is 16.6. The molecule has 1 N–H and O–H groups in total. The molecule has 1 aromatic rings. The summed E-state index contributed by atoms with van der Waals surface area (Å²) in [5.41, 5.74) is -1.01. The lowest BCUT2D eigenvalue weighted by Gasteiger charge is -2.56. The molecule has 9 heteroatoms. The summed E-state index contributed by atoms with van der Waals surface area (Å²) in [4.78, 5) is 33.8. The second kappa shape index (κ2) is 6.72. The first-order valence-electron chi connectivity index (χ1n) is 9.59. The molecule has 150 valence electrons. The lowest BCUT2D eigenvalue weighted by atomic mass is 9.49. The first-order chi connectivity index (χ1) is 13.3. The molecule has 4 aliphatic carbocycles. The van der Waals surface area contributed by atoms with Crippen molar-refractivity contribution in [2.75, 3.05) is 12.4 Å². The van der Waals surface area contributed by atoms with Crippen LogP contribution in [0.3, 0.4) is 0 Å². The third-order valence-corrected chi connectivity index (χ3v) is 6.63. The standard InChI is InChI=1S/C19H23N3O6/c1-28-18-15(21(24)25)5-14(6-16(18)22(26)27)20-17(23)10-19-7-11-2-12(8-19)4-13(3-11)9-19/h5-6,11-13H,2-4,7-10H2,1H3,(H,20,23). The Morgan fingerprint density at radius 1 is 1.07 bits per heavy atom. The van der Waals surface area contributed by atoms with Gasteiger partial charge in [-0.1, -0.05) is 0 Å². The van der Waals surface area contributed by atoms with Gasteiger partial charge in [-0.25, -0.2) is 0 Å². The number of nitrogens with one attached hydrogen (secondary N) is 1. The summed E-state index contributed by atoms with van der Waals surface area (Å²) < 4.78 is 4.85. The first-order valence-corrected chi connectivity index (χ1v) is 9.59. The fourth-order valence-electron chi connectivity index (χ4n) is 6.20. The summed E-state index contributed by atoms with van der Waals surface area (Å²) in [5.74, 6) is 1.47. The number of nitro benzene ring substituents is 2. The SMILES string of the molecule is COc1c([N+](=O)[O-])cc(NC(=O)CC23CC4CC(CC(C4)C2)C3)cc1[N+](=O)[O-]. The Morgan fingerprint density at radius 2 is 1.54 bits per heavy atom. The summed E-state index contributed by atoms with van der Waals surface area (Å²) in [6, 6.07) is 2.23. The molecule has 0 saturated heterocycles. The van der Waals surface area contributed by atoms with E-state index >= 15 is 0 Å². The van der Waals surface area contributed by atoms with Crippen molar-refractivity contribution in [2.45, 2.75) is 44.9 Å². The fourth-order valence-corrected chi connectivity index (χ4v) is 6.20. The molecule has 4 aliphatic rings. The maximum absolute atomic E-state index is 12.7. The van der Waals surface area contributed by atoms with E-state index in [4.69, 9.17) is 4.74 Å². The highest BCUT2D eigenvalue weighted by Gasteiger charge is 2.51. The van der Waals surface area contributed by atoms with Crippen LogP contribution in [0.5, 0.6) is 5.75 Å². The predicted molar refractivity (Wildman–Crippen MR) is 100 cm³/mol. The van der Waals surface area contributed by atoms with Crippen LogP contribution < -0.4 is 10.1 Å². The maximum Gasteiger partial charge on any atom is 0.320 e. The number of ether oxygens (including phenoxy) is 1. The predicted octanol–water partition coefficient (Wildman–Crippen LogP) is 4.06. The van der Waals surface area contributed by atoms with Gasteiger partial charge in [-0.2, -0.15) is 0 Å². The lowest BCUT2D eigenvalue weighted by Crippen LogP contribution is -2.47. The van der Waals surface area contributed by atoms with E-state index in [0.29, 0.717) is 24.2 Å². The topological polar surface area (TPSA) is 125 Å². The van der Waals surface area contributed by atoms with Crippen molar-refractivity contribution in [3.8, 4) is 5.75 Å². The molecule has 1 amide bonds. The third kappa shape index (κ3) is 3.29. The number of benzene rings is 1. The zero-order valence-corrected chi connectivity index (χ0v) is 15.7. The Morgan fingerprint density at radius 3 is 1.93 bits per heavy atom. The summed E-state index contributed by atoms with van der Waals surface area (Å²) in [6.07, 6.45) is 7.39. The summed E-state index contributed by atoms with van der Waals surface area (Å²) in [6.45, 7) is 0. The zero-order valence-electron chi connectivity index (χ0n) is 15.7. The number of methoxy groups -OCH3 is 1. The molecule has 0 heterocycles. The number of anilines is 1. The summed E-state index contributed by atoms with van der Waals surface area (Å²) in [7, 11) is 1.14. The smallest absolute Gasteiger partial charge is 0.320 e. The van der Waals surface area contributed by atoms with Crippen LogP contribution in [-0.4, -0.2) is 22.9 Å². The fraction of sp³-hybridized carbons (Fsp3) is 0.632. The minimum absolute atomic E-state index is 0.0170. The van der Waals surface area contributed by atoms with Crippen molar-refractivity contribution in [2.24, 2.45) is 23.2 Å². The number of nitrogens with zero attached hydrogens (tertiary/aromatic N) is 2. The third-order valence-electron chi connectivity index (χ3n) is 6.63. The Bertz CT molecular complexity index is 782. The van der Waals surface area contributed by atoms with E-state index in [-0.39, 0.29) is 17.0 Å². The molecule has 0 spiro atoms. The van der Waals surface area contributed by atoms with Crippen LogP contribution in [0, 0.1) is 43.4 Å². The minimum Gasteiger partial charge on any atom is -0.485 e. The van der Waals surface area contributed by atoms with Crippen molar-refractivity contribution in [1.82, 2.24) is 0 Å². The Labute approximate surface area is 161 Å². The number of carbonyl (C=O) groups is 1. The molecule has 0 aromatic heterocycles. The number of hydrogen-bond donors (Lipinski definition) is 1. The van der Waals surface area contributed by atoms with Gasteiger partial charge in [0.25, 0.3) is 5.75 Å². The van der Waals surface area contributed by atoms with Gasteiger partial charge in [-0.05, 0) is 61.7 Å². The highest BCUT2D eigenvalue weighted by molar-refractivity contribution is 5.92. The quantitative estimate of drug-likeness (QED) is 0.578. The van der Waals surface area contributed by atoms with Crippen molar-refractivity contribution >= 4 is 23.0 Å². The van der Waals surface area contributed by atoms with Crippen LogP contribution in [0.15, 0.2) is 12.1 Å². The molecule has 4 saturated carbocycles. The van der Waals surface area contributed by atoms with Crippen molar-refractivity contribution in [3.05, 3.63) is 32.4 Å². The average Bonchev–Trinajstić information content (AvgIpc) is 2.58. The Balaban J connectivity index is 1.55. The van der Waals surface area contributed by atoms with Crippen molar-refractivity contribution in [3.63, 3.8) is 0 Å². The molecule has 0 aliphatic heterocycles. The monoisotopic (exact) mass is 389 g/mol. The zero-order chi connectivity index (χ0) is 20.1. The summed E-state index contributed by atoms with van der Waals surface area (Å²) >= 11 is 0. The molecule has 1 aromatic carbocycles. The van der Waals surface area contributed by atoms with Crippen LogP contribution in [-0.2, 0) is 4.79 Å². The Hall–Kier alpha value is -2.71. The molecule has 0 unspecified atom stereocenters. The first kappa shape index (κ1) is 18.6. The van der Waals surface area contributed by atoms with Crippen LogP contribution >= 0.6 is 0 Å². The van der Waals surface area contributed by atoms with E-state index in [2.05, 4.69) is 5.32 Å². The molecule has 28 heavy (non-hydrogen) atoms. The molecule has 0 radical (unpaired) electrons. The van der Waals surface area contributed by atoms with Crippen LogP contribution in [0.2, 0.25) is 0 Å². The van der Waals surface area contributed by atoms with Gasteiger partial charge in [0.15, 0.2) is 0 Å². The van der Waals surface area contributed by atoms with E-state index < -0.39 is 27.0 Å². The minimum atomic E-state index is -0.749. The number of hydrogen-bond acceptors (Lipinski definition) is 6. The largest absolute Gasteiger partial charge is 0.485 e. The molecule has 4 fully saturated rings. The van der Waals surface area contributed by atoms with E-state index in [1.807, 2.05) is 0 Å². The van der Waals surface area contributed by atoms with Crippen LogP contribution in [0.25, 0.3) is 0 Å². The van der Waals surface area contributed by atoms with Crippen LogP contribution in [0.1, 0.15) is 44.9 Å². The number of amides is 1. The van der Waals surface area contributed by atoms with Gasteiger partial charge in [-0.3, -0.25) is 25.0 Å². The van der Waals surface area contributed by atoms with Gasteiger partial charge < -0.3 is 10.1 Å². The number of rotatable bonds is 6. The Kier molecular flexibility index (Phi) is 4.47. The summed E-state index contributed by atoms with van der Waals surface area (Å²) in [5, 5.41) is 25.2. The molecule has 0 atom stereocenters. The van der Waals surface area contributed by atoms with E-state index in [0.717, 1.165) is 38.5 Å². The van der Waals surface area contributed by atoms with Gasteiger partial charge >= 0.3 is 11.4 Å². The second-order valence-electron chi connectivity index (χ2n) is 8.70. The number of carbonyl (C=O) groups excluding carboxylic acids is 1. The molecule has 4 bridgehead atoms. The van der Waals surface area contributed by atoms with Gasteiger partial charge in [0, 0.05) is 18.6 Å². The van der Waals surface area contributed by atoms with E-state index in [1.165, 1.54) is 19.3 Å².